The van der Waals surface area contributed by atoms with E-state index in [0.717, 1.165) is 0 Å². The van der Waals surface area contributed by atoms with E-state index in [-0.39, 0.29) is 25.5 Å². The second-order valence-corrected chi connectivity index (χ2v) is 4.14. The fraction of sp³-hybridized carbons (Fsp3) is 0.818. The van der Waals surface area contributed by atoms with Gasteiger partial charge in [-0.15, -0.1) is 0 Å². The van der Waals surface area contributed by atoms with Crippen molar-refractivity contribution in [2.45, 2.75) is 26.2 Å². The molecular weight excluding hydrogens is 262 g/mol. The molecule has 0 saturated carbocycles. The van der Waals surface area contributed by atoms with Gasteiger partial charge in [-0.05, 0) is 12.3 Å². The van der Waals surface area contributed by atoms with Crippen LogP contribution in [0.5, 0.6) is 0 Å². The molecule has 19 heavy (non-hydrogen) atoms. The summed E-state index contributed by atoms with van der Waals surface area (Å²) in [6, 6.07) is -0.428. The fourth-order valence-electron chi connectivity index (χ4n) is 1.21. The lowest BCUT2D eigenvalue weighted by Gasteiger charge is -2.12. The third-order valence-corrected chi connectivity index (χ3v) is 2.24. The van der Waals surface area contributed by atoms with Gasteiger partial charge in [0, 0.05) is 19.5 Å². The number of urea groups is 1. The number of hydrogen-bond acceptors (Lipinski definition) is 3. The molecule has 2 amide bonds. The van der Waals surface area contributed by atoms with Crippen LogP contribution in [0.4, 0.5) is 13.6 Å². The van der Waals surface area contributed by atoms with Crippen LogP contribution in [0.1, 0.15) is 19.8 Å². The Kier molecular flexibility index (Phi) is 9.69. The standard InChI is InChI=1S/C11H20F2N2O4/c1-8(2-3-10(16)17)6-15-11(18)14-4-5-19-7-9(12)13/h8-9H,2-7H2,1H3,(H,16,17)(H2,14,15,18). The van der Waals surface area contributed by atoms with E-state index in [4.69, 9.17) is 5.11 Å². The first-order valence-corrected chi connectivity index (χ1v) is 6.01. The van der Waals surface area contributed by atoms with Crippen molar-refractivity contribution in [3.63, 3.8) is 0 Å². The van der Waals surface area contributed by atoms with E-state index in [1.807, 2.05) is 6.92 Å². The summed E-state index contributed by atoms with van der Waals surface area (Å²) >= 11 is 0. The van der Waals surface area contributed by atoms with Crippen molar-refractivity contribution in [2.24, 2.45) is 5.92 Å². The number of carbonyl (C=O) groups is 2. The number of amides is 2. The zero-order valence-electron chi connectivity index (χ0n) is 10.8. The predicted octanol–water partition coefficient (Wildman–Crippen LogP) is 1.07. The van der Waals surface area contributed by atoms with Crippen LogP contribution >= 0.6 is 0 Å². The van der Waals surface area contributed by atoms with E-state index in [0.29, 0.717) is 13.0 Å². The van der Waals surface area contributed by atoms with Gasteiger partial charge in [0.05, 0.1) is 6.61 Å². The van der Waals surface area contributed by atoms with Gasteiger partial charge in [-0.25, -0.2) is 13.6 Å². The Bertz CT molecular complexity index is 277. The highest BCUT2D eigenvalue weighted by Crippen LogP contribution is 2.03. The Morgan fingerprint density at radius 2 is 2.00 bits per heavy atom. The predicted molar refractivity (Wildman–Crippen MR) is 64.3 cm³/mol. The minimum Gasteiger partial charge on any atom is -0.481 e. The van der Waals surface area contributed by atoms with Crippen LogP contribution in [0.3, 0.4) is 0 Å². The van der Waals surface area contributed by atoms with Crippen LogP contribution in [0.2, 0.25) is 0 Å². The lowest BCUT2D eigenvalue weighted by molar-refractivity contribution is -0.137. The highest BCUT2D eigenvalue weighted by molar-refractivity contribution is 5.73. The number of carbonyl (C=O) groups excluding carboxylic acids is 1. The minimum absolute atomic E-state index is 0.0202. The summed E-state index contributed by atoms with van der Waals surface area (Å²) in [5.74, 6) is -0.815. The van der Waals surface area contributed by atoms with E-state index in [1.165, 1.54) is 0 Å². The van der Waals surface area contributed by atoms with Gasteiger partial charge in [-0.1, -0.05) is 6.92 Å². The molecule has 0 aliphatic carbocycles. The monoisotopic (exact) mass is 282 g/mol. The molecule has 0 aromatic heterocycles. The molecule has 0 rings (SSSR count). The molecule has 1 unspecified atom stereocenters. The Morgan fingerprint density at radius 3 is 2.58 bits per heavy atom. The first-order valence-electron chi connectivity index (χ1n) is 6.01. The van der Waals surface area contributed by atoms with E-state index >= 15 is 0 Å². The molecular formula is C11H20F2N2O4. The van der Waals surface area contributed by atoms with Gasteiger partial charge >= 0.3 is 12.0 Å². The summed E-state index contributed by atoms with van der Waals surface area (Å²) < 4.78 is 28.0. The van der Waals surface area contributed by atoms with Crippen molar-refractivity contribution in [1.82, 2.24) is 10.6 Å². The van der Waals surface area contributed by atoms with E-state index < -0.39 is 25.0 Å². The van der Waals surface area contributed by atoms with Crippen LogP contribution in [0.25, 0.3) is 0 Å². The van der Waals surface area contributed by atoms with Crippen molar-refractivity contribution in [3.05, 3.63) is 0 Å². The fourth-order valence-corrected chi connectivity index (χ4v) is 1.21. The molecule has 0 aromatic carbocycles. The number of alkyl halides is 2. The van der Waals surface area contributed by atoms with Crippen LogP contribution < -0.4 is 10.6 Å². The first-order chi connectivity index (χ1) is 8.91. The van der Waals surface area contributed by atoms with Gasteiger partial charge in [0.1, 0.15) is 6.61 Å². The molecule has 0 radical (unpaired) electrons. The van der Waals surface area contributed by atoms with Crippen LogP contribution in [-0.2, 0) is 9.53 Å². The number of nitrogens with one attached hydrogen (secondary N) is 2. The second kappa shape index (κ2) is 10.5. The summed E-state index contributed by atoms with van der Waals surface area (Å²) in [5, 5.41) is 13.5. The molecule has 1 atom stereocenters. The minimum atomic E-state index is -2.51. The van der Waals surface area contributed by atoms with Crippen molar-refractivity contribution < 1.29 is 28.2 Å². The van der Waals surface area contributed by atoms with E-state index in [2.05, 4.69) is 15.4 Å². The highest BCUT2D eigenvalue weighted by atomic mass is 19.3. The molecule has 6 nitrogen and oxygen atoms in total. The summed E-state index contributed by atoms with van der Waals surface area (Å²) in [4.78, 5) is 21.6. The Balaban J connectivity index is 3.45. The number of rotatable bonds is 10. The smallest absolute Gasteiger partial charge is 0.314 e. The topological polar surface area (TPSA) is 87.7 Å². The average Bonchev–Trinajstić information content (AvgIpc) is 2.33. The Hall–Kier alpha value is -1.44. The van der Waals surface area contributed by atoms with Gasteiger partial charge in [-0.2, -0.15) is 0 Å². The maximum absolute atomic E-state index is 11.7. The van der Waals surface area contributed by atoms with Crippen LogP contribution in [-0.4, -0.2) is 49.8 Å². The van der Waals surface area contributed by atoms with Gasteiger partial charge in [0.25, 0.3) is 6.43 Å². The molecule has 0 bridgehead atoms. The highest BCUT2D eigenvalue weighted by Gasteiger charge is 2.07. The Labute approximate surface area is 110 Å². The van der Waals surface area contributed by atoms with Crippen LogP contribution in [0, 0.1) is 5.92 Å². The lowest BCUT2D eigenvalue weighted by atomic mass is 10.1. The summed E-state index contributed by atoms with van der Waals surface area (Å²) in [5.41, 5.74) is 0. The van der Waals surface area contributed by atoms with Crippen LogP contribution in [0.15, 0.2) is 0 Å². The molecule has 0 saturated heterocycles. The maximum atomic E-state index is 11.7. The van der Waals surface area contributed by atoms with Crippen molar-refractivity contribution in [1.29, 1.82) is 0 Å². The number of hydrogen-bond donors (Lipinski definition) is 3. The molecule has 8 heteroatoms. The summed E-state index contributed by atoms with van der Waals surface area (Å²) in [7, 11) is 0. The maximum Gasteiger partial charge on any atom is 0.314 e. The summed E-state index contributed by atoms with van der Waals surface area (Å²) in [6.45, 7) is 1.70. The molecule has 0 spiro atoms. The van der Waals surface area contributed by atoms with Gasteiger partial charge in [-0.3, -0.25) is 4.79 Å². The number of carboxylic acids is 1. The van der Waals surface area contributed by atoms with Gasteiger partial charge < -0.3 is 20.5 Å². The molecule has 0 heterocycles. The quantitative estimate of drug-likeness (QED) is 0.523. The largest absolute Gasteiger partial charge is 0.481 e. The SMILES string of the molecule is CC(CCC(=O)O)CNC(=O)NCCOCC(F)F. The first kappa shape index (κ1) is 17.6. The summed E-state index contributed by atoms with van der Waals surface area (Å²) in [6.07, 6.45) is -1.97. The van der Waals surface area contributed by atoms with Gasteiger partial charge in [0.15, 0.2) is 0 Å². The van der Waals surface area contributed by atoms with Gasteiger partial charge in [0.2, 0.25) is 0 Å². The molecule has 0 aliphatic rings. The third-order valence-electron chi connectivity index (χ3n) is 2.24. The van der Waals surface area contributed by atoms with Crippen molar-refractivity contribution in [2.75, 3.05) is 26.3 Å². The molecule has 0 aliphatic heterocycles. The second-order valence-electron chi connectivity index (χ2n) is 4.14. The van der Waals surface area contributed by atoms with E-state index in [1.54, 1.807) is 0 Å². The third kappa shape index (κ3) is 12.8. The number of ether oxygens (including phenoxy) is 1. The lowest BCUT2D eigenvalue weighted by Crippen LogP contribution is -2.39. The normalized spacial score (nSPS) is 12.2. The average molecular weight is 282 g/mol. The van der Waals surface area contributed by atoms with Crippen molar-refractivity contribution in [3.8, 4) is 0 Å². The Morgan fingerprint density at radius 1 is 1.32 bits per heavy atom. The zero-order chi connectivity index (χ0) is 14.7. The number of aliphatic carboxylic acids is 1. The molecule has 0 fully saturated rings. The van der Waals surface area contributed by atoms with E-state index in [9.17, 15) is 18.4 Å². The molecule has 0 aromatic rings. The number of carboxylic acid groups (broad SMARTS) is 1. The van der Waals surface area contributed by atoms with Crippen molar-refractivity contribution >= 4 is 12.0 Å². The molecule has 3 N–H and O–H groups in total. The zero-order valence-corrected chi connectivity index (χ0v) is 10.8. The molecule has 112 valence electrons. The number of halogens is 2.